The topological polar surface area (TPSA) is 68.0 Å². The Bertz CT molecular complexity index is 918. The zero-order chi connectivity index (χ0) is 15.5. The summed E-state index contributed by atoms with van der Waals surface area (Å²) in [5, 5.41) is 7.61. The molecule has 0 aliphatic rings. The van der Waals surface area contributed by atoms with Crippen molar-refractivity contribution in [2.75, 3.05) is 5.32 Å². The van der Waals surface area contributed by atoms with Crippen LogP contribution < -0.4 is 5.32 Å². The zero-order valence-electron chi connectivity index (χ0n) is 12.3. The fourth-order valence-electron chi connectivity index (χ4n) is 2.39. The third-order valence-corrected chi connectivity index (χ3v) is 3.52. The SMILES string of the molecule is c1ccc(-c2cc(NCc3cccnc3)n3ncnc3n2)cc1. The fourth-order valence-corrected chi connectivity index (χ4v) is 2.39. The van der Waals surface area contributed by atoms with Crippen LogP contribution in [0.2, 0.25) is 0 Å². The lowest BCUT2D eigenvalue weighted by Gasteiger charge is -2.10. The summed E-state index contributed by atoms with van der Waals surface area (Å²) in [6.07, 6.45) is 5.11. The quantitative estimate of drug-likeness (QED) is 0.628. The van der Waals surface area contributed by atoms with E-state index in [2.05, 4.69) is 25.4 Å². The van der Waals surface area contributed by atoms with Crippen LogP contribution in [0.4, 0.5) is 5.82 Å². The largest absolute Gasteiger partial charge is 0.366 e. The van der Waals surface area contributed by atoms with Crippen LogP contribution in [0.15, 0.2) is 67.3 Å². The highest BCUT2D eigenvalue weighted by atomic mass is 15.3. The van der Waals surface area contributed by atoms with E-state index >= 15 is 0 Å². The van der Waals surface area contributed by atoms with Gasteiger partial charge in [-0.1, -0.05) is 36.4 Å². The Hall–Kier alpha value is -3.28. The van der Waals surface area contributed by atoms with E-state index in [4.69, 9.17) is 0 Å². The normalized spacial score (nSPS) is 10.8. The molecular weight excluding hydrogens is 288 g/mol. The van der Waals surface area contributed by atoms with Crippen LogP contribution in [-0.2, 0) is 6.54 Å². The summed E-state index contributed by atoms with van der Waals surface area (Å²) in [4.78, 5) is 12.9. The van der Waals surface area contributed by atoms with Gasteiger partial charge >= 0.3 is 0 Å². The van der Waals surface area contributed by atoms with Crippen molar-refractivity contribution >= 4 is 11.6 Å². The summed E-state index contributed by atoms with van der Waals surface area (Å²) in [6.45, 7) is 0.654. The number of nitrogens with one attached hydrogen (secondary N) is 1. The molecule has 3 aromatic heterocycles. The van der Waals surface area contributed by atoms with Gasteiger partial charge in [0, 0.05) is 30.6 Å². The molecule has 0 saturated carbocycles. The Labute approximate surface area is 132 Å². The van der Waals surface area contributed by atoms with E-state index in [0.717, 1.165) is 22.6 Å². The smallest absolute Gasteiger partial charge is 0.254 e. The van der Waals surface area contributed by atoms with Crippen molar-refractivity contribution in [3.8, 4) is 11.3 Å². The van der Waals surface area contributed by atoms with E-state index in [0.29, 0.717) is 12.3 Å². The Morgan fingerprint density at radius 3 is 2.78 bits per heavy atom. The second-order valence-electron chi connectivity index (χ2n) is 5.08. The van der Waals surface area contributed by atoms with Gasteiger partial charge in [0.1, 0.15) is 12.1 Å². The van der Waals surface area contributed by atoms with Gasteiger partial charge < -0.3 is 5.32 Å². The lowest BCUT2D eigenvalue weighted by atomic mass is 10.1. The van der Waals surface area contributed by atoms with Gasteiger partial charge in [0.2, 0.25) is 0 Å². The summed E-state index contributed by atoms with van der Waals surface area (Å²) in [5.41, 5.74) is 3.00. The van der Waals surface area contributed by atoms with Crippen molar-refractivity contribution < 1.29 is 0 Å². The molecule has 6 nitrogen and oxygen atoms in total. The molecule has 3 heterocycles. The molecule has 0 unspecified atom stereocenters. The molecule has 4 aromatic rings. The molecule has 0 aliphatic heterocycles. The second kappa shape index (κ2) is 5.84. The van der Waals surface area contributed by atoms with E-state index in [9.17, 15) is 0 Å². The number of pyridine rings is 1. The van der Waals surface area contributed by atoms with Gasteiger partial charge in [0.05, 0.1) is 5.69 Å². The molecule has 0 fully saturated rings. The van der Waals surface area contributed by atoms with Crippen molar-refractivity contribution in [3.63, 3.8) is 0 Å². The molecule has 0 radical (unpaired) electrons. The highest BCUT2D eigenvalue weighted by molar-refractivity contribution is 5.65. The summed E-state index contributed by atoms with van der Waals surface area (Å²) >= 11 is 0. The lowest BCUT2D eigenvalue weighted by molar-refractivity contribution is 0.925. The van der Waals surface area contributed by atoms with Crippen molar-refractivity contribution in [1.82, 2.24) is 24.6 Å². The molecule has 0 spiro atoms. The maximum atomic E-state index is 4.56. The predicted molar refractivity (Wildman–Crippen MR) is 87.8 cm³/mol. The summed E-state index contributed by atoms with van der Waals surface area (Å²) < 4.78 is 1.70. The molecule has 0 saturated heterocycles. The third-order valence-electron chi connectivity index (χ3n) is 3.52. The fraction of sp³-hybridized carbons (Fsp3) is 0.0588. The van der Waals surface area contributed by atoms with Crippen LogP contribution in [0.1, 0.15) is 5.56 Å². The highest BCUT2D eigenvalue weighted by Gasteiger charge is 2.09. The van der Waals surface area contributed by atoms with Crippen molar-refractivity contribution in [3.05, 3.63) is 72.8 Å². The van der Waals surface area contributed by atoms with E-state index in [1.165, 1.54) is 6.33 Å². The first-order valence-corrected chi connectivity index (χ1v) is 7.29. The summed E-state index contributed by atoms with van der Waals surface area (Å²) in [6, 6.07) is 16.0. The van der Waals surface area contributed by atoms with Crippen molar-refractivity contribution in [2.45, 2.75) is 6.54 Å². The van der Waals surface area contributed by atoms with Crippen molar-refractivity contribution in [1.29, 1.82) is 0 Å². The maximum absolute atomic E-state index is 4.56. The molecule has 112 valence electrons. The average Bonchev–Trinajstić information content (AvgIpc) is 3.10. The monoisotopic (exact) mass is 302 g/mol. The number of aromatic nitrogens is 5. The summed E-state index contributed by atoms with van der Waals surface area (Å²) in [5.74, 6) is 1.41. The number of anilines is 1. The molecule has 0 bridgehead atoms. The minimum absolute atomic E-state index is 0.569. The van der Waals surface area contributed by atoms with Gasteiger partial charge in [-0.15, -0.1) is 0 Å². The van der Waals surface area contributed by atoms with Crippen LogP contribution in [0.3, 0.4) is 0 Å². The maximum Gasteiger partial charge on any atom is 0.254 e. The Balaban J connectivity index is 1.71. The van der Waals surface area contributed by atoms with Crippen LogP contribution in [0, 0.1) is 0 Å². The van der Waals surface area contributed by atoms with E-state index in [-0.39, 0.29) is 0 Å². The zero-order valence-corrected chi connectivity index (χ0v) is 12.3. The van der Waals surface area contributed by atoms with Gasteiger partial charge in [-0.05, 0) is 11.6 Å². The number of benzene rings is 1. The molecule has 0 amide bonds. The molecule has 0 atom stereocenters. The van der Waals surface area contributed by atoms with E-state index < -0.39 is 0 Å². The number of hydrogen-bond donors (Lipinski definition) is 1. The van der Waals surface area contributed by atoms with Crippen LogP contribution in [-0.4, -0.2) is 24.6 Å². The van der Waals surface area contributed by atoms with Crippen LogP contribution >= 0.6 is 0 Å². The van der Waals surface area contributed by atoms with Gasteiger partial charge in [0.15, 0.2) is 0 Å². The van der Waals surface area contributed by atoms with Gasteiger partial charge in [0.25, 0.3) is 5.78 Å². The van der Waals surface area contributed by atoms with Gasteiger partial charge in [-0.2, -0.15) is 14.6 Å². The van der Waals surface area contributed by atoms with E-state index in [1.807, 2.05) is 54.7 Å². The van der Waals surface area contributed by atoms with Crippen molar-refractivity contribution in [2.24, 2.45) is 0 Å². The predicted octanol–water partition coefficient (Wildman–Crippen LogP) is 2.80. The first-order valence-electron chi connectivity index (χ1n) is 7.29. The Kier molecular flexibility index (Phi) is 3.40. The Morgan fingerprint density at radius 2 is 1.96 bits per heavy atom. The molecule has 6 heteroatoms. The molecule has 4 rings (SSSR count). The third kappa shape index (κ3) is 2.74. The summed E-state index contributed by atoms with van der Waals surface area (Å²) in [7, 11) is 0. The molecular formula is C17H14N6. The van der Waals surface area contributed by atoms with Gasteiger partial charge in [-0.25, -0.2) is 4.98 Å². The van der Waals surface area contributed by atoms with Crippen LogP contribution in [0.5, 0.6) is 0 Å². The van der Waals surface area contributed by atoms with Crippen LogP contribution in [0.25, 0.3) is 17.0 Å². The van der Waals surface area contributed by atoms with Gasteiger partial charge in [-0.3, -0.25) is 4.98 Å². The highest BCUT2D eigenvalue weighted by Crippen LogP contribution is 2.21. The second-order valence-corrected chi connectivity index (χ2v) is 5.08. The number of rotatable bonds is 4. The number of nitrogens with zero attached hydrogens (tertiary/aromatic N) is 5. The minimum atomic E-state index is 0.569. The number of fused-ring (bicyclic) bond motifs is 1. The first kappa shape index (κ1) is 13.4. The average molecular weight is 302 g/mol. The molecule has 1 N–H and O–H groups in total. The molecule has 23 heavy (non-hydrogen) atoms. The number of hydrogen-bond acceptors (Lipinski definition) is 5. The Morgan fingerprint density at radius 1 is 1.04 bits per heavy atom. The minimum Gasteiger partial charge on any atom is -0.366 e. The molecule has 0 aliphatic carbocycles. The van der Waals surface area contributed by atoms with E-state index in [1.54, 1.807) is 10.7 Å². The lowest BCUT2D eigenvalue weighted by Crippen LogP contribution is -2.07. The molecule has 1 aromatic carbocycles. The standard InChI is InChI=1S/C17H14N6/c1-2-6-14(7-3-1)15-9-16(23-17(22-15)20-12-21-23)19-11-13-5-4-8-18-10-13/h1-10,12,19H,11H2. The first-order chi connectivity index (χ1) is 11.4.